The summed E-state index contributed by atoms with van der Waals surface area (Å²) in [5.74, 6) is 0.753. The Morgan fingerprint density at radius 3 is 2.52 bits per heavy atom. The molecule has 0 amide bonds. The van der Waals surface area contributed by atoms with E-state index in [2.05, 4.69) is 0 Å². The van der Waals surface area contributed by atoms with E-state index >= 15 is 0 Å². The standard InChI is InChI=1S/C16H17N3O2/c1-21-14-6-3-12(4-7-14)15-8-5-13(11-18)16(20)19(15)10-2-9-17/h3-8H,2,9-10,17H2,1H3. The average molecular weight is 283 g/mol. The van der Waals surface area contributed by atoms with Crippen LogP contribution in [0.25, 0.3) is 11.3 Å². The molecular weight excluding hydrogens is 266 g/mol. The van der Waals surface area contributed by atoms with Crippen molar-refractivity contribution in [1.29, 1.82) is 5.26 Å². The first kappa shape index (κ1) is 14.8. The molecule has 2 aromatic rings. The summed E-state index contributed by atoms with van der Waals surface area (Å²) in [6.07, 6.45) is 0.679. The third-order valence-corrected chi connectivity index (χ3v) is 3.27. The molecule has 0 aliphatic rings. The van der Waals surface area contributed by atoms with E-state index in [1.165, 1.54) is 0 Å². The summed E-state index contributed by atoms with van der Waals surface area (Å²) in [7, 11) is 1.61. The lowest BCUT2D eigenvalue weighted by molar-refractivity contribution is 0.415. The highest BCUT2D eigenvalue weighted by Crippen LogP contribution is 2.22. The van der Waals surface area contributed by atoms with E-state index in [-0.39, 0.29) is 11.1 Å². The summed E-state index contributed by atoms with van der Waals surface area (Å²) in [5.41, 5.74) is 7.06. The Kier molecular flexibility index (Phi) is 4.75. The molecule has 0 spiro atoms. The first-order valence-corrected chi connectivity index (χ1v) is 6.69. The minimum atomic E-state index is -0.278. The number of nitrogens with two attached hydrogens (primary N) is 1. The smallest absolute Gasteiger partial charge is 0.268 e. The van der Waals surface area contributed by atoms with E-state index in [1.54, 1.807) is 23.8 Å². The van der Waals surface area contributed by atoms with E-state index in [0.717, 1.165) is 17.0 Å². The first-order valence-electron chi connectivity index (χ1n) is 6.69. The van der Waals surface area contributed by atoms with E-state index in [0.29, 0.717) is 19.5 Å². The highest BCUT2D eigenvalue weighted by molar-refractivity contribution is 5.61. The predicted octanol–water partition coefficient (Wildman–Crippen LogP) is 1.74. The maximum atomic E-state index is 12.3. The topological polar surface area (TPSA) is 81.0 Å². The Hall–Kier alpha value is -2.58. The monoisotopic (exact) mass is 283 g/mol. The van der Waals surface area contributed by atoms with Crippen molar-refractivity contribution in [2.75, 3.05) is 13.7 Å². The fraction of sp³-hybridized carbons (Fsp3) is 0.250. The van der Waals surface area contributed by atoms with Gasteiger partial charge >= 0.3 is 0 Å². The molecule has 0 bridgehead atoms. The summed E-state index contributed by atoms with van der Waals surface area (Å²) in [5, 5.41) is 8.99. The van der Waals surface area contributed by atoms with Gasteiger partial charge in [-0.15, -0.1) is 0 Å². The molecule has 2 N–H and O–H groups in total. The second-order valence-electron chi connectivity index (χ2n) is 4.57. The minimum Gasteiger partial charge on any atom is -0.497 e. The number of nitriles is 1. The lowest BCUT2D eigenvalue weighted by Gasteiger charge is -2.13. The summed E-state index contributed by atoms with van der Waals surface area (Å²) >= 11 is 0. The molecule has 108 valence electrons. The SMILES string of the molecule is COc1ccc(-c2ccc(C#N)c(=O)n2CCCN)cc1. The quantitative estimate of drug-likeness (QED) is 0.906. The van der Waals surface area contributed by atoms with Gasteiger partial charge in [0.15, 0.2) is 0 Å². The van der Waals surface area contributed by atoms with Crippen molar-refractivity contribution < 1.29 is 4.74 Å². The molecule has 0 aliphatic carbocycles. The summed E-state index contributed by atoms with van der Waals surface area (Å²) in [6, 6.07) is 12.7. The van der Waals surface area contributed by atoms with E-state index in [4.69, 9.17) is 15.7 Å². The average Bonchev–Trinajstić information content (AvgIpc) is 2.53. The zero-order valence-corrected chi connectivity index (χ0v) is 11.9. The van der Waals surface area contributed by atoms with Crippen LogP contribution in [0.3, 0.4) is 0 Å². The molecule has 0 aliphatic heterocycles. The van der Waals surface area contributed by atoms with Gasteiger partial charge in [-0.3, -0.25) is 4.79 Å². The fourth-order valence-electron chi connectivity index (χ4n) is 2.15. The third kappa shape index (κ3) is 3.12. The van der Waals surface area contributed by atoms with Gasteiger partial charge in [0.2, 0.25) is 0 Å². The van der Waals surface area contributed by atoms with Gasteiger partial charge in [-0.2, -0.15) is 5.26 Å². The second kappa shape index (κ2) is 6.73. The van der Waals surface area contributed by atoms with E-state index in [9.17, 15) is 4.79 Å². The van der Waals surface area contributed by atoms with Crippen molar-refractivity contribution in [3.63, 3.8) is 0 Å². The van der Waals surface area contributed by atoms with Crippen LogP contribution in [0.2, 0.25) is 0 Å². The van der Waals surface area contributed by atoms with E-state index < -0.39 is 0 Å². The maximum Gasteiger partial charge on any atom is 0.268 e. The van der Waals surface area contributed by atoms with Crippen LogP contribution in [-0.2, 0) is 6.54 Å². The molecule has 5 heteroatoms. The second-order valence-corrected chi connectivity index (χ2v) is 4.57. The molecule has 0 atom stereocenters. The minimum absolute atomic E-state index is 0.143. The Bertz CT molecular complexity index is 712. The highest BCUT2D eigenvalue weighted by atomic mass is 16.5. The van der Waals surface area contributed by atoms with Gasteiger partial charge in [0, 0.05) is 6.54 Å². The molecule has 0 radical (unpaired) electrons. The van der Waals surface area contributed by atoms with Gasteiger partial charge < -0.3 is 15.0 Å². The van der Waals surface area contributed by atoms with Crippen LogP contribution in [-0.4, -0.2) is 18.2 Å². The van der Waals surface area contributed by atoms with Crippen LogP contribution in [0.1, 0.15) is 12.0 Å². The number of methoxy groups -OCH3 is 1. The Balaban J connectivity index is 2.53. The molecule has 0 saturated heterocycles. The maximum absolute atomic E-state index is 12.3. The van der Waals surface area contributed by atoms with Gasteiger partial charge in [-0.05, 0) is 54.9 Å². The highest BCUT2D eigenvalue weighted by Gasteiger charge is 2.10. The van der Waals surface area contributed by atoms with Crippen molar-refractivity contribution in [3.8, 4) is 23.1 Å². The molecule has 5 nitrogen and oxygen atoms in total. The number of hydrogen-bond acceptors (Lipinski definition) is 4. The van der Waals surface area contributed by atoms with Gasteiger partial charge in [0.25, 0.3) is 5.56 Å². The molecule has 2 rings (SSSR count). The van der Waals surface area contributed by atoms with Crippen molar-refractivity contribution in [2.45, 2.75) is 13.0 Å². The van der Waals surface area contributed by atoms with Crippen LogP contribution < -0.4 is 16.0 Å². The Labute approximate surface area is 123 Å². The Morgan fingerprint density at radius 2 is 1.95 bits per heavy atom. The molecular formula is C16H17N3O2. The van der Waals surface area contributed by atoms with Crippen LogP contribution in [0.15, 0.2) is 41.2 Å². The number of ether oxygens (including phenoxy) is 1. The number of nitrogens with zero attached hydrogens (tertiary/aromatic N) is 2. The Morgan fingerprint density at radius 1 is 1.24 bits per heavy atom. The molecule has 0 unspecified atom stereocenters. The van der Waals surface area contributed by atoms with Gasteiger partial charge in [0.1, 0.15) is 17.4 Å². The molecule has 0 fully saturated rings. The van der Waals surface area contributed by atoms with Crippen LogP contribution in [0.5, 0.6) is 5.75 Å². The van der Waals surface area contributed by atoms with Crippen LogP contribution in [0.4, 0.5) is 0 Å². The van der Waals surface area contributed by atoms with Crippen molar-refractivity contribution >= 4 is 0 Å². The van der Waals surface area contributed by atoms with E-state index in [1.807, 2.05) is 30.3 Å². The largest absolute Gasteiger partial charge is 0.497 e. The fourth-order valence-corrected chi connectivity index (χ4v) is 2.15. The van der Waals surface area contributed by atoms with Gasteiger partial charge in [-0.25, -0.2) is 0 Å². The van der Waals surface area contributed by atoms with Crippen LogP contribution in [0, 0.1) is 11.3 Å². The summed E-state index contributed by atoms with van der Waals surface area (Å²) < 4.78 is 6.74. The van der Waals surface area contributed by atoms with Crippen LogP contribution >= 0.6 is 0 Å². The molecule has 21 heavy (non-hydrogen) atoms. The van der Waals surface area contributed by atoms with Crippen molar-refractivity contribution in [2.24, 2.45) is 5.73 Å². The normalized spacial score (nSPS) is 10.1. The molecule has 1 aromatic heterocycles. The number of benzene rings is 1. The summed E-state index contributed by atoms with van der Waals surface area (Å²) in [4.78, 5) is 12.3. The third-order valence-electron chi connectivity index (χ3n) is 3.27. The predicted molar refractivity (Wildman–Crippen MR) is 81.1 cm³/mol. The van der Waals surface area contributed by atoms with Crippen molar-refractivity contribution in [1.82, 2.24) is 4.57 Å². The van der Waals surface area contributed by atoms with Gasteiger partial charge in [0.05, 0.1) is 12.8 Å². The number of rotatable bonds is 5. The number of hydrogen-bond donors (Lipinski definition) is 1. The lowest BCUT2D eigenvalue weighted by atomic mass is 10.1. The lowest BCUT2D eigenvalue weighted by Crippen LogP contribution is -2.25. The van der Waals surface area contributed by atoms with Crippen molar-refractivity contribution in [3.05, 3.63) is 52.3 Å². The summed E-state index contributed by atoms with van der Waals surface area (Å²) in [6.45, 7) is 0.984. The first-order chi connectivity index (χ1) is 10.2. The molecule has 1 aromatic carbocycles. The zero-order valence-electron chi connectivity index (χ0n) is 11.9. The molecule has 0 saturated carbocycles. The number of pyridine rings is 1. The zero-order chi connectivity index (χ0) is 15.2. The molecule has 1 heterocycles. The van der Waals surface area contributed by atoms with Gasteiger partial charge in [-0.1, -0.05) is 0 Å². The number of aromatic nitrogens is 1.